The van der Waals surface area contributed by atoms with Gasteiger partial charge in [-0.3, -0.25) is 4.79 Å². The number of ether oxygens (including phenoxy) is 1. The highest BCUT2D eigenvalue weighted by molar-refractivity contribution is 5.79. The topological polar surface area (TPSA) is 80.5 Å². The van der Waals surface area contributed by atoms with Crippen LogP contribution in [-0.2, 0) is 11.2 Å². The summed E-state index contributed by atoms with van der Waals surface area (Å²) in [5.74, 6) is 0.866. The third-order valence-electron chi connectivity index (χ3n) is 4.68. The van der Waals surface area contributed by atoms with Crippen LogP contribution >= 0.6 is 0 Å². The summed E-state index contributed by atoms with van der Waals surface area (Å²) in [6, 6.07) is 7.84. The van der Waals surface area contributed by atoms with Crippen molar-refractivity contribution in [3.05, 3.63) is 41.7 Å². The number of benzene rings is 1. The van der Waals surface area contributed by atoms with Gasteiger partial charge < -0.3 is 14.7 Å². The molecule has 0 bridgehead atoms. The first-order chi connectivity index (χ1) is 12.1. The second kappa shape index (κ2) is 7.65. The fourth-order valence-corrected chi connectivity index (χ4v) is 3.16. The summed E-state index contributed by atoms with van der Waals surface area (Å²) >= 11 is 0. The van der Waals surface area contributed by atoms with Crippen molar-refractivity contribution in [2.45, 2.75) is 38.3 Å². The van der Waals surface area contributed by atoms with Crippen molar-refractivity contribution in [1.82, 2.24) is 19.9 Å². The highest BCUT2D eigenvalue weighted by atomic mass is 16.5. The molecule has 1 saturated heterocycles. The van der Waals surface area contributed by atoms with Crippen LogP contribution in [0.25, 0.3) is 0 Å². The summed E-state index contributed by atoms with van der Waals surface area (Å²) in [6.07, 6.45) is 3.20. The quantitative estimate of drug-likeness (QED) is 0.894. The number of nitrogens with zero attached hydrogens (tertiary/aromatic N) is 4. The zero-order chi connectivity index (χ0) is 17.8. The molecule has 1 unspecified atom stereocenters. The maximum atomic E-state index is 12.6. The minimum absolute atomic E-state index is 0.117. The highest BCUT2D eigenvalue weighted by Crippen LogP contribution is 2.24. The van der Waals surface area contributed by atoms with Gasteiger partial charge in [0.2, 0.25) is 5.91 Å². The molecule has 7 heteroatoms. The van der Waals surface area contributed by atoms with Crippen LogP contribution in [0.1, 0.15) is 43.2 Å². The van der Waals surface area contributed by atoms with Gasteiger partial charge in [-0.15, -0.1) is 5.10 Å². The van der Waals surface area contributed by atoms with Gasteiger partial charge >= 0.3 is 0 Å². The second-order valence-corrected chi connectivity index (χ2v) is 6.40. The molecule has 134 valence electrons. The Bertz CT molecular complexity index is 721. The number of likely N-dealkylation sites (tertiary alicyclic amines) is 1. The Kier molecular flexibility index (Phi) is 5.33. The van der Waals surface area contributed by atoms with Crippen molar-refractivity contribution in [3.8, 4) is 5.75 Å². The Hall–Kier alpha value is -2.41. The number of piperidine rings is 1. The van der Waals surface area contributed by atoms with Crippen LogP contribution in [0.15, 0.2) is 30.5 Å². The molecule has 0 aliphatic carbocycles. The molecule has 1 aliphatic rings. The molecule has 1 fully saturated rings. The van der Waals surface area contributed by atoms with E-state index in [0.29, 0.717) is 25.2 Å². The summed E-state index contributed by atoms with van der Waals surface area (Å²) < 4.78 is 7.13. The summed E-state index contributed by atoms with van der Waals surface area (Å²) in [5.41, 5.74) is 1.49. The molecule has 0 saturated carbocycles. The number of rotatable bonds is 5. The van der Waals surface area contributed by atoms with Crippen molar-refractivity contribution in [1.29, 1.82) is 0 Å². The number of amides is 1. The number of aliphatic hydroxyl groups is 1. The zero-order valence-electron chi connectivity index (χ0n) is 14.6. The van der Waals surface area contributed by atoms with Gasteiger partial charge in [0, 0.05) is 18.7 Å². The average Bonchev–Trinajstić information content (AvgIpc) is 3.13. The molecule has 7 nitrogen and oxygen atoms in total. The Morgan fingerprint density at radius 3 is 2.72 bits per heavy atom. The van der Waals surface area contributed by atoms with E-state index in [1.165, 1.54) is 0 Å². The first kappa shape index (κ1) is 17.4. The monoisotopic (exact) mass is 344 g/mol. The van der Waals surface area contributed by atoms with Crippen LogP contribution < -0.4 is 4.74 Å². The molecule has 2 heterocycles. The normalized spacial score (nSPS) is 16.7. The van der Waals surface area contributed by atoms with Crippen molar-refractivity contribution in [2.75, 3.05) is 20.2 Å². The van der Waals surface area contributed by atoms with Gasteiger partial charge in [0.25, 0.3) is 0 Å². The number of carbonyl (C=O) groups is 1. The molecule has 1 aromatic heterocycles. The molecule has 1 amide bonds. The number of hydrogen-bond donors (Lipinski definition) is 1. The van der Waals surface area contributed by atoms with E-state index in [-0.39, 0.29) is 11.9 Å². The predicted octanol–water partition coefficient (Wildman–Crippen LogP) is 1.75. The minimum atomic E-state index is -0.615. The number of hydrogen-bond acceptors (Lipinski definition) is 5. The van der Waals surface area contributed by atoms with E-state index in [0.717, 1.165) is 24.2 Å². The van der Waals surface area contributed by atoms with E-state index in [2.05, 4.69) is 10.3 Å². The van der Waals surface area contributed by atoms with Gasteiger partial charge in [-0.25, -0.2) is 4.68 Å². The third-order valence-corrected chi connectivity index (χ3v) is 4.68. The van der Waals surface area contributed by atoms with Gasteiger partial charge in [0.05, 0.1) is 31.9 Å². The molecular weight excluding hydrogens is 320 g/mol. The molecule has 1 atom stereocenters. The van der Waals surface area contributed by atoms with Crippen molar-refractivity contribution >= 4 is 5.91 Å². The van der Waals surface area contributed by atoms with Crippen molar-refractivity contribution in [3.63, 3.8) is 0 Å². The summed E-state index contributed by atoms with van der Waals surface area (Å²) in [4.78, 5) is 14.5. The van der Waals surface area contributed by atoms with Crippen LogP contribution in [0, 0.1) is 0 Å². The number of aliphatic hydroxyl groups excluding tert-OH is 1. The smallest absolute Gasteiger partial charge is 0.227 e. The first-order valence-electron chi connectivity index (χ1n) is 8.58. The van der Waals surface area contributed by atoms with Crippen LogP contribution in [0.3, 0.4) is 0 Å². The highest BCUT2D eigenvalue weighted by Gasteiger charge is 2.25. The fraction of sp³-hybridized carbons (Fsp3) is 0.500. The molecule has 0 spiro atoms. The van der Waals surface area contributed by atoms with Crippen molar-refractivity contribution < 1.29 is 14.6 Å². The zero-order valence-corrected chi connectivity index (χ0v) is 14.6. The molecule has 1 aromatic carbocycles. The predicted molar refractivity (Wildman–Crippen MR) is 92.2 cm³/mol. The SMILES string of the molecule is COc1ccccc1CC(=O)N1CCC(n2cc(C(C)O)nn2)CC1. The van der Waals surface area contributed by atoms with E-state index in [4.69, 9.17) is 4.74 Å². The van der Waals surface area contributed by atoms with Gasteiger partial charge in [-0.05, 0) is 25.8 Å². The van der Waals surface area contributed by atoms with Crippen LogP contribution in [0.2, 0.25) is 0 Å². The Balaban J connectivity index is 1.57. The number of methoxy groups -OCH3 is 1. The Morgan fingerprint density at radius 2 is 2.08 bits per heavy atom. The van der Waals surface area contributed by atoms with E-state index < -0.39 is 6.10 Å². The lowest BCUT2D eigenvalue weighted by Crippen LogP contribution is -2.40. The largest absolute Gasteiger partial charge is 0.496 e. The third kappa shape index (κ3) is 3.99. The average molecular weight is 344 g/mol. The van der Waals surface area contributed by atoms with Crippen molar-refractivity contribution in [2.24, 2.45) is 0 Å². The lowest BCUT2D eigenvalue weighted by atomic mass is 10.0. The standard InChI is InChI=1S/C18H24N4O3/c1-13(23)16-12-22(20-19-16)15-7-9-21(10-8-15)18(24)11-14-5-3-4-6-17(14)25-2/h3-6,12-13,15,23H,7-11H2,1-2H3. The van der Waals surface area contributed by atoms with Crippen LogP contribution in [0.4, 0.5) is 0 Å². The van der Waals surface area contributed by atoms with Crippen LogP contribution in [-0.4, -0.2) is 51.1 Å². The summed E-state index contributed by atoms with van der Waals surface area (Å²) in [5, 5.41) is 17.7. The van der Waals surface area contributed by atoms with E-state index >= 15 is 0 Å². The molecule has 25 heavy (non-hydrogen) atoms. The fourth-order valence-electron chi connectivity index (χ4n) is 3.16. The molecule has 3 rings (SSSR count). The maximum absolute atomic E-state index is 12.6. The molecule has 0 radical (unpaired) electrons. The Morgan fingerprint density at radius 1 is 1.36 bits per heavy atom. The number of carbonyl (C=O) groups excluding carboxylic acids is 1. The lowest BCUT2D eigenvalue weighted by Gasteiger charge is -2.32. The minimum Gasteiger partial charge on any atom is -0.496 e. The van der Waals surface area contributed by atoms with Gasteiger partial charge in [-0.2, -0.15) is 0 Å². The molecule has 1 N–H and O–H groups in total. The van der Waals surface area contributed by atoms with E-state index in [1.807, 2.05) is 33.8 Å². The Labute approximate surface area is 147 Å². The molecule has 1 aliphatic heterocycles. The first-order valence-corrected chi connectivity index (χ1v) is 8.58. The number of para-hydroxylation sites is 1. The van der Waals surface area contributed by atoms with Gasteiger partial charge in [0.1, 0.15) is 11.4 Å². The summed E-state index contributed by atoms with van der Waals surface area (Å²) in [6.45, 7) is 3.07. The van der Waals surface area contributed by atoms with E-state index in [9.17, 15) is 9.90 Å². The maximum Gasteiger partial charge on any atom is 0.227 e. The number of aromatic nitrogens is 3. The molecular formula is C18H24N4O3. The second-order valence-electron chi connectivity index (χ2n) is 6.40. The molecule has 2 aromatic rings. The lowest BCUT2D eigenvalue weighted by molar-refractivity contribution is -0.131. The summed E-state index contributed by atoms with van der Waals surface area (Å²) in [7, 11) is 1.62. The van der Waals surface area contributed by atoms with Gasteiger partial charge in [0.15, 0.2) is 0 Å². The van der Waals surface area contributed by atoms with Gasteiger partial charge in [-0.1, -0.05) is 23.4 Å². The van der Waals surface area contributed by atoms with E-state index in [1.54, 1.807) is 20.2 Å². The van der Waals surface area contributed by atoms with Crippen LogP contribution in [0.5, 0.6) is 5.75 Å².